The van der Waals surface area contributed by atoms with Crippen LogP contribution in [0.25, 0.3) is 0 Å². The number of carbonyl (C=O) groups is 1. The minimum Gasteiger partial charge on any atom is -0.350 e. The summed E-state index contributed by atoms with van der Waals surface area (Å²) in [7, 11) is -7.26. The molecule has 0 heterocycles. The van der Waals surface area contributed by atoms with Crippen molar-refractivity contribution < 1.29 is 26.0 Å². The second-order valence-electron chi connectivity index (χ2n) is 6.39. The summed E-state index contributed by atoms with van der Waals surface area (Å²) in [4.78, 5) is 12.0. The van der Waals surface area contributed by atoms with Crippen molar-refractivity contribution in [2.24, 2.45) is 0 Å². The second kappa shape index (κ2) is 9.33. The van der Waals surface area contributed by atoms with Gasteiger partial charge in [-0.3, -0.25) is 9.52 Å². The molecule has 0 spiro atoms. The van der Waals surface area contributed by atoms with Crippen molar-refractivity contribution in [2.75, 3.05) is 17.5 Å². The van der Waals surface area contributed by atoms with Crippen LogP contribution in [-0.4, -0.2) is 35.5 Å². The van der Waals surface area contributed by atoms with Crippen LogP contribution in [-0.2, 0) is 24.8 Å². The van der Waals surface area contributed by atoms with Crippen molar-refractivity contribution in [3.8, 4) is 0 Å². The van der Waals surface area contributed by atoms with Crippen LogP contribution >= 0.6 is 0 Å². The van der Waals surface area contributed by atoms with Gasteiger partial charge in [0.2, 0.25) is 26.0 Å². The number of rotatable bonds is 9. The van der Waals surface area contributed by atoms with Gasteiger partial charge in [0, 0.05) is 18.7 Å². The molecule has 0 aliphatic carbocycles. The molecule has 158 valence electrons. The summed E-state index contributed by atoms with van der Waals surface area (Å²) in [5.41, 5.74) is 1.05. The summed E-state index contributed by atoms with van der Waals surface area (Å²) in [6.45, 7) is 1.59. The second-order valence-corrected chi connectivity index (χ2v) is 9.91. The standard InChI is InChI=1S/C18H22FN3O5S2/c1-13(14-4-3-5-16(12-14)22-28(2,24)25)21-18(23)10-11-20-29(26,27)17-8-6-15(19)7-9-17/h3-9,12-13,20,22H,10-11H2,1-2H3,(H,21,23). The number of anilines is 1. The average molecular weight is 444 g/mol. The zero-order valence-electron chi connectivity index (χ0n) is 15.8. The molecule has 1 atom stereocenters. The van der Waals surface area contributed by atoms with Crippen LogP contribution in [0.1, 0.15) is 24.9 Å². The Morgan fingerprint density at radius 3 is 2.34 bits per heavy atom. The molecule has 2 rings (SSSR count). The lowest BCUT2D eigenvalue weighted by Gasteiger charge is -2.16. The first-order chi connectivity index (χ1) is 13.5. The monoisotopic (exact) mass is 443 g/mol. The van der Waals surface area contributed by atoms with Gasteiger partial charge in [0.25, 0.3) is 0 Å². The van der Waals surface area contributed by atoms with Crippen LogP contribution in [0.4, 0.5) is 10.1 Å². The molecule has 0 bridgehead atoms. The highest BCUT2D eigenvalue weighted by Crippen LogP contribution is 2.18. The number of hydrogen-bond donors (Lipinski definition) is 3. The van der Waals surface area contributed by atoms with Crippen molar-refractivity contribution in [1.29, 1.82) is 0 Å². The van der Waals surface area contributed by atoms with E-state index in [0.29, 0.717) is 11.3 Å². The first-order valence-electron chi connectivity index (χ1n) is 8.58. The molecular formula is C18H22FN3O5S2. The minimum atomic E-state index is -3.84. The van der Waals surface area contributed by atoms with Gasteiger partial charge >= 0.3 is 0 Å². The van der Waals surface area contributed by atoms with Gasteiger partial charge in [-0.1, -0.05) is 12.1 Å². The van der Waals surface area contributed by atoms with Crippen LogP contribution in [0, 0.1) is 5.82 Å². The van der Waals surface area contributed by atoms with E-state index in [1.54, 1.807) is 31.2 Å². The molecule has 0 aliphatic rings. The molecule has 3 N–H and O–H groups in total. The number of hydrogen-bond acceptors (Lipinski definition) is 5. The lowest BCUT2D eigenvalue weighted by Crippen LogP contribution is -2.32. The smallest absolute Gasteiger partial charge is 0.240 e. The maximum Gasteiger partial charge on any atom is 0.240 e. The summed E-state index contributed by atoms with van der Waals surface area (Å²) in [5, 5.41) is 2.72. The summed E-state index contributed by atoms with van der Waals surface area (Å²) in [6.07, 6.45) is 0.934. The van der Waals surface area contributed by atoms with Crippen LogP contribution < -0.4 is 14.8 Å². The summed E-state index contributed by atoms with van der Waals surface area (Å²) < 4.78 is 64.4. The molecule has 11 heteroatoms. The predicted molar refractivity (Wildman–Crippen MR) is 108 cm³/mol. The lowest BCUT2D eigenvalue weighted by atomic mass is 10.1. The Morgan fingerprint density at radius 2 is 1.72 bits per heavy atom. The zero-order chi connectivity index (χ0) is 21.7. The molecule has 0 saturated carbocycles. The molecular weight excluding hydrogens is 421 g/mol. The first kappa shape index (κ1) is 22.8. The van der Waals surface area contributed by atoms with Gasteiger partial charge in [-0.05, 0) is 48.9 Å². The molecule has 2 aromatic carbocycles. The third kappa shape index (κ3) is 7.44. The van der Waals surface area contributed by atoms with E-state index in [2.05, 4.69) is 14.8 Å². The molecule has 8 nitrogen and oxygen atoms in total. The van der Waals surface area contributed by atoms with Gasteiger partial charge in [0.1, 0.15) is 5.82 Å². The molecule has 1 amide bonds. The topological polar surface area (TPSA) is 121 Å². The number of benzene rings is 2. The molecule has 0 saturated heterocycles. The molecule has 29 heavy (non-hydrogen) atoms. The molecule has 0 fully saturated rings. The maximum absolute atomic E-state index is 12.9. The minimum absolute atomic E-state index is 0.0946. The Bertz CT molecular complexity index is 1070. The number of amides is 1. The van der Waals surface area contributed by atoms with Gasteiger partial charge in [-0.25, -0.2) is 25.9 Å². The maximum atomic E-state index is 12.9. The Hall–Kier alpha value is -2.50. The highest BCUT2D eigenvalue weighted by Gasteiger charge is 2.15. The van der Waals surface area contributed by atoms with Crippen molar-refractivity contribution in [2.45, 2.75) is 24.3 Å². The Kier molecular flexibility index (Phi) is 7.33. The van der Waals surface area contributed by atoms with Crippen LogP contribution in [0.2, 0.25) is 0 Å². The molecule has 1 unspecified atom stereocenters. The van der Waals surface area contributed by atoms with Crippen molar-refractivity contribution in [3.63, 3.8) is 0 Å². The van der Waals surface area contributed by atoms with E-state index in [1.807, 2.05) is 0 Å². The fourth-order valence-electron chi connectivity index (χ4n) is 2.48. The third-order valence-electron chi connectivity index (χ3n) is 3.84. The predicted octanol–water partition coefficient (Wildman–Crippen LogP) is 1.74. The molecule has 0 radical (unpaired) electrons. The summed E-state index contributed by atoms with van der Waals surface area (Å²) in [6, 6.07) is 10.5. The van der Waals surface area contributed by atoms with E-state index in [4.69, 9.17) is 0 Å². The normalized spacial score (nSPS) is 12.9. The van der Waals surface area contributed by atoms with Gasteiger partial charge in [-0.15, -0.1) is 0 Å². The van der Waals surface area contributed by atoms with Gasteiger partial charge in [-0.2, -0.15) is 0 Å². The van der Waals surface area contributed by atoms with Gasteiger partial charge in [0.15, 0.2) is 0 Å². The fourth-order valence-corrected chi connectivity index (χ4v) is 4.07. The number of carbonyl (C=O) groups excluding carboxylic acids is 1. The summed E-state index contributed by atoms with van der Waals surface area (Å²) >= 11 is 0. The van der Waals surface area contributed by atoms with Crippen LogP contribution in [0.15, 0.2) is 53.4 Å². The SMILES string of the molecule is CC(NC(=O)CCNS(=O)(=O)c1ccc(F)cc1)c1cccc(NS(C)(=O)=O)c1. The molecule has 2 aromatic rings. The van der Waals surface area contributed by atoms with Crippen molar-refractivity contribution in [1.82, 2.24) is 10.0 Å². The van der Waals surface area contributed by atoms with Crippen molar-refractivity contribution in [3.05, 3.63) is 59.9 Å². The zero-order valence-corrected chi connectivity index (χ0v) is 17.5. The molecule has 0 aliphatic heterocycles. The van der Waals surface area contributed by atoms with Crippen LogP contribution in [0.5, 0.6) is 0 Å². The van der Waals surface area contributed by atoms with E-state index in [1.165, 1.54) is 0 Å². The summed E-state index contributed by atoms with van der Waals surface area (Å²) in [5.74, 6) is -0.936. The van der Waals surface area contributed by atoms with E-state index in [9.17, 15) is 26.0 Å². The van der Waals surface area contributed by atoms with E-state index in [-0.39, 0.29) is 23.8 Å². The number of halogens is 1. The fraction of sp³-hybridized carbons (Fsp3) is 0.278. The van der Waals surface area contributed by atoms with Crippen molar-refractivity contribution >= 4 is 31.6 Å². The van der Waals surface area contributed by atoms with Gasteiger partial charge in [0.05, 0.1) is 17.2 Å². The largest absolute Gasteiger partial charge is 0.350 e. The Balaban J connectivity index is 1.89. The quantitative estimate of drug-likeness (QED) is 0.545. The number of sulfonamides is 2. The van der Waals surface area contributed by atoms with E-state index >= 15 is 0 Å². The van der Waals surface area contributed by atoms with Crippen LogP contribution in [0.3, 0.4) is 0 Å². The van der Waals surface area contributed by atoms with E-state index < -0.39 is 31.9 Å². The highest BCUT2D eigenvalue weighted by atomic mass is 32.2. The lowest BCUT2D eigenvalue weighted by molar-refractivity contribution is -0.121. The molecule has 0 aromatic heterocycles. The average Bonchev–Trinajstić information content (AvgIpc) is 2.60. The van der Waals surface area contributed by atoms with Gasteiger partial charge < -0.3 is 5.32 Å². The number of nitrogens with one attached hydrogen (secondary N) is 3. The van der Waals surface area contributed by atoms with E-state index in [0.717, 1.165) is 30.5 Å². The Morgan fingerprint density at radius 1 is 1.07 bits per heavy atom. The Labute approximate surface area is 169 Å². The highest BCUT2D eigenvalue weighted by molar-refractivity contribution is 7.92. The third-order valence-corrected chi connectivity index (χ3v) is 5.92. The first-order valence-corrected chi connectivity index (χ1v) is 12.0.